The van der Waals surface area contributed by atoms with E-state index in [-0.39, 0.29) is 19.8 Å². The summed E-state index contributed by atoms with van der Waals surface area (Å²) < 4.78 is 0. The predicted molar refractivity (Wildman–Crippen MR) is 43.5 cm³/mol. The highest BCUT2D eigenvalue weighted by Crippen LogP contribution is 2.15. The molecule has 0 aromatic heterocycles. The van der Waals surface area contributed by atoms with E-state index in [1.807, 2.05) is 0 Å². The highest BCUT2D eigenvalue weighted by atomic mass is 16.3. The van der Waals surface area contributed by atoms with E-state index in [9.17, 15) is 0 Å². The van der Waals surface area contributed by atoms with Gasteiger partial charge in [0.2, 0.25) is 0 Å². The first-order chi connectivity index (χ1) is 5.47. The van der Waals surface area contributed by atoms with Crippen LogP contribution in [0, 0.1) is 11.8 Å². The Hall–Kier alpha value is -0.240. The predicted octanol–water partition coefficient (Wildman–Crippen LogP) is -3.27. The van der Waals surface area contributed by atoms with Crippen LogP contribution >= 0.6 is 0 Å². The van der Waals surface area contributed by atoms with Crippen LogP contribution in [0.1, 0.15) is 0 Å². The van der Waals surface area contributed by atoms with E-state index in [4.69, 9.17) is 32.5 Å². The normalized spacial score (nSPS) is 15.2. The number of nitrogens with two attached hydrogens (primary N) is 3. The van der Waals surface area contributed by atoms with Crippen molar-refractivity contribution in [2.45, 2.75) is 5.79 Å². The minimum atomic E-state index is -1.58. The van der Waals surface area contributed by atoms with Crippen LogP contribution in [0.3, 0.4) is 0 Å². The highest BCUT2D eigenvalue weighted by molar-refractivity contribution is 4.83. The Morgan fingerprint density at radius 1 is 0.917 bits per heavy atom. The smallest absolute Gasteiger partial charge is 0.121 e. The van der Waals surface area contributed by atoms with Crippen molar-refractivity contribution in [1.82, 2.24) is 0 Å². The van der Waals surface area contributed by atoms with Crippen molar-refractivity contribution in [1.29, 1.82) is 0 Å². The molecule has 1 atom stereocenters. The average Bonchev–Trinajstić information content (AvgIpc) is 1.97. The zero-order chi connectivity index (χ0) is 9.78. The molecule has 12 heavy (non-hydrogen) atoms. The quantitative estimate of drug-likeness (QED) is 0.245. The molecule has 9 N–H and O–H groups in total. The van der Waals surface area contributed by atoms with E-state index in [2.05, 4.69) is 0 Å². The van der Waals surface area contributed by atoms with Crippen molar-refractivity contribution in [3.63, 3.8) is 0 Å². The van der Waals surface area contributed by atoms with Crippen LogP contribution in [-0.4, -0.2) is 40.9 Å². The molecule has 0 aliphatic carbocycles. The van der Waals surface area contributed by atoms with Crippen LogP contribution in [0.2, 0.25) is 0 Å². The van der Waals surface area contributed by atoms with Crippen molar-refractivity contribution in [3.05, 3.63) is 0 Å². The second kappa shape index (κ2) is 4.70. The molecule has 0 aliphatic rings. The number of hydrogen-bond acceptors (Lipinski definition) is 6. The molecular formula is C6H17N3O3. The first-order valence-corrected chi connectivity index (χ1v) is 3.66. The van der Waals surface area contributed by atoms with Gasteiger partial charge in [0, 0.05) is 25.0 Å². The van der Waals surface area contributed by atoms with Crippen molar-refractivity contribution >= 4 is 0 Å². The highest BCUT2D eigenvalue weighted by Gasteiger charge is 2.32. The molecule has 0 aliphatic heterocycles. The molecular weight excluding hydrogens is 162 g/mol. The van der Waals surface area contributed by atoms with E-state index >= 15 is 0 Å². The maximum atomic E-state index is 8.83. The Kier molecular flexibility index (Phi) is 4.61. The largest absolute Gasteiger partial charge is 0.396 e. The lowest BCUT2D eigenvalue weighted by Gasteiger charge is -2.33. The molecule has 6 nitrogen and oxygen atoms in total. The third-order valence-electron chi connectivity index (χ3n) is 1.88. The lowest BCUT2D eigenvalue weighted by atomic mass is 9.89. The Balaban J connectivity index is 4.31. The zero-order valence-electron chi connectivity index (χ0n) is 6.85. The molecule has 0 saturated heterocycles. The Morgan fingerprint density at radius 3 is 1.42 bits per heavy atom. The van der Waals surface area contributed by atoms with E-state index in [0.29, 0.717) is 0 Å². The van der Waals surface area contributed by atoms with Gasteiger partial charge in [0.1, 0.15) is 5.79 Å². The topological polar surface area (TPSA) is 139 Å². The Labute approximate surface area is 71.0 Å². The van der Waals surface area contributed by atoms with Gasteiger partial charge in [-0.1, -0.05) is 0 Å². The molecule has 0 radical (unpaired) electrons. The standard InChI is InChI=1S/C6H17N3O3/c7-6(8,9)5(3-12)4(1-10)2-11/h4-5,10-12H,1-3,7-9H2. The fraction of sp³-hybridized carbons (Fsp3) is 1.00. The third-order valence-corrected chi connectivity index (χ3v) is 1.88. The summed E-state index contributed by atoms with van der Waals surface area (Å²) in [4.78, 5) is 0. The Bertz CT molecular complexity index is 122. The first-order valence-electron chi connectivity index (χ1n) is 3.66. The van der Waals surface area contributed by atoms with E-state index in [1.165, 1.54) is 0 Å². The van der Waals surface area contributed by atoms with E-state index in [0.717, 1.165) is 0 Å². The van der Waals surface area contributed by atoms with Gasteiger partial charge in [-0.2, -0.15) is 0 Å². The zero-order valence-corrected chi connectivity index (χ0v) is 6.85. The van der Waals surface area contributed by atoms with E-state index in [1.54, 1.807) is 0 Å². The van der Waals surface area contributed by atoms with Crippen LogP contribution < -0.4 is 17.2 Å². The van der Waals surface area contributed by atoms with Crippen molar-refractivity contribution in [3.8, 4) is 0 Å². The van der Waals surface area contributed by atoms with Crippen LogP contribution in [0.25, 0.3) is 0 Å². The molecule has 0 spiro atoms. The van der Waals surface area contributed by atoms with Gasteiger partial charge in [0.25, 0.3) is 0 Å². The summed E-state index contributed by atoms with van der Waals surface area (Å²) in [6.45, 7) is -0.987. The number of rotatable bonds is 5. The maximum absolute atomic E-state index is 8.83. The van der Waals surface area contributed by atoms with Gasteiger partial charge in [0.05, 0.1) is 6.61 Å². The van der Waals surface area contributed by atoms with Gasteiger partial charge in [0.15, 0.2) is 0 Å². The lowest BCUT2D eigenvalue weighted by molar-refractivity contribution is 0.0337. The SMILES string of the molecule is NC(N)(N)C(CO)C(CO)CO. The monoisotopic (exact) mass is 179 g/mol. The molecule has 6 heteroatoms. The fourth-order valence-electron chi connectivity index (χ4n) is 1.03. The molecule has 0 bridgehead atoms. The summed E-state index contributed by atoms with van der Waals surface area (Å²) in [7, 11) is 0. The molecule has 0 fully saturated rings. The molecule has 0 rings (SSSR count). The second-order valence-corrected chi connectivity index (χ2v) is 2.91. The number of aliphatic hydroxyl groups is 3. The molecule has 0 aromatic rings. The minimum Gasteiger partial charge on any atom is -0.396 e. The van der Waals surface area contributed by atoms with Gasteiger partial charge in [-0.15, -0.1) is 0 Å². The molecule has 0 amide bonds. The van der Waals surface area contributed by atoms with Crippen molar-refractivity contribution in [2.24, 2.45) is 29.0 Å². The third kappa shape index (κ3) is 3.02. The van der Waals surface area contributed by atoms with E-state index < -0.39 is 17.6 Å². The van der Waals surface area contributed by atoms with Crippen LogP contribution in [0.15, 0.2) is 0 Å². The molecule has 1 unspecified atom stereocenters. The molecule has 0 heterocycles. The first kappa shape index (κ1) is 11.8. The summed E-state index contributed by atoms with van der Waals surface area (Å²) in [5.74, 6) is -2.88. The molecule has 0 aromatic carbocycles. The minimum absolute atomic E-state index is 0.310. The summed E-state index contributed by atoms with van der Waals surface area (Å²) in [6, 6.07) is 0. The summed E-state index contributed by atoms with van der Waals surface area (Å²) in [5, 5.41) is 26.3. The van der Waals surface area contributed by atoms with Gasteiger partial charge >= 0.3 is 0 Å². The van der Waals surface area contributed by atoms with Crippen molar-refractivity contribution in [2.75, 3.05) is 19.8 Å². The Morgan fingerprint density at radius 2 is 1.33 bits per heavy atom. The molecule has 74 valence electrons. The summed E-state index contributed by atoms with van der Waals surface area (Å²) >= 11 is 0. The average molecular weight is 179 g/mol. The number of hydrogen-bond donors (Lipinski definition) is 6. The van der Waals surface area contributed by atoms with Gasteiger partial charge in [-0.3, -0.25) is 0 Å². The molecule has 0 saturated carbocycles. The summed E-state index contributed by atoms with van der Waals surface area (Å²) in [6.07, 6.45) is 0. The second-order valence-electron chi connectivity index (χ2n) is 2.91. The lowest BCUT2D eigenvalue weighted by Crippen LogP contribution is -2.66. The summed E-state index contributed by atoms with van der Waals surface area (Å²) in [5.41, 5.74) is 15.9. The van der Waals surface area contributed by atoms with Crippen molar-refractivity contribution < 1.29 is 15.3 Å². The fourth-order valence-corrected chi connectivity index (χ4v) is 1.03. The van der Waals surface area contributed by atoms with Crippen LogP contribution in [0.5, 0.6) is 0 Å². The van der Waals surface area contributed by atoms with Crippen LogP contribution in [-0.2, 0) is 0 Å². The van der Waals surface area contributed by atoms with Gasteiger partial charge in [-0.25, -0.2) is 0 Å². The van der Waals surface area contributed by atoms with Gasteiger partial charge < -0.3 is 32.5 Å². The maximum Gasteiger partial charge on any atom is 0.121 e. The number of aliphatic hydroxyl groups excluding tert-OH is 3. The van der Waals surface area contributed by atoms with Crippen LogP contribution in [0.4, 0.5) is 0 Å². The van der Waals surface area contributed by atoms with Gasteiger partial charge in [-0.05, 0) is 0 Å².